The molecular weight excluding hydrogens is 673 g/mol. The van der Waals surface area contributed by atoms with Crippen LogP contribution in [-0.2, 0) is 19.1 Å². The standard InChI is InChI=1S/C48H46O6/c1-3-47(49)53-33-13-7-5-11-31-51-43-28-20-37(21-29-43)17-22-39-25-26-40(46-16-10-9-15-45(39)46)23-18-38-19-24-42-36-44(30-27-41(42)35-38)52-32-12-6-8-14-34-54-48(50)4-2/h3-4,9-10,15-16,19-21,24-30,35-36H,1-2,5-8,11-14,31-34H2. The average Bonchev–Trinajstić information content (AvgIpc) is 3.21. The van der Waals surface area contributed by atoms with Gasteiger partial charge in [0.05, 0.1) is 26.4 Å². The fourth-order valence-corrected chi connectivity index (χ4v) is 5.78. The van der Waals surface area contributed by atoms with Crippen molar-refractivity contribution in [1.82, 2.24) is 0 Å². The van der Waals surface area contributed by atoms with E-state index in [2.05, 4.69) is 73.2 Å². The SMILES string of the molecule is C=CC(=O)OCCCCCCOc1ccc(C#Cc2ccc(C#Cc3ccc4cc(OCCCCCCOC(=O)C=C)ccc4c3)c3ccccc23)cc1. The maximum atomic E-state index is 11.1. The molecule has 5 aromatic rings. The number of fused-ring (bicyclic) bond motifs is 2. The van der Waals surface area contributed by atoms with Crippen LogP contribution in [0.15, 0.2) is 122 Å². The second kappa shape index (κ2) is 21.3. The first-order valence-electron chi connectivity index (χ1n) is 18.6. The van der Waals surface area contributed by atoms with E-state index in [1.165, 1.54) is 12.2 Å². The Morgan fingerprint density at radius 1 is 0.481 bits per heavy atom. The summed E-state index contributed by atoms with van der Waals surface area (Å²) in [5.41, 5.74) is 3.76. The van der Waals surface area contributed by atoms with Gasteiger partial charge < -0.3 is 18.9 Å². The van der Waals surface area contributed by atoms with Gasteiger partial charge in [0.25, 0.3) is 0 Å². The number of unbranched alkanes of at least 4 members (excludes halogenated alkanes) is 6. The number of ether oxygens (including phenoxy) is 4. The van der Waals surface area contributed by atoms with Crippen molar-refractivity contribution in [2.45, 2.75) is 51.4 Å². The number of carbonyl (C=O) groups excluding carboxylic acids is 2. The second-order valence-corrected chi connectivity index (χ2v) is 12.7. The summed E-state index contributed by atoms with van der Waals surface area (Å²) in [6.45, 7) is 8.94. The molecule has 0 unspecified atom stereocenters. The highest BCUT2D eigenvalue weighted by molar-refractivity contribution is 5.93. The summed E-state index contributed by atoms with van der Waals surface area (Å²) in [6, 6.07) is 32.6. The normalized spacial score (nSPS) is 10.4. The molecule has 0 spiro atoms. The fraction of sp³-hybridized carbons (Fsp3) is 0.250. The Hall–Kier alpha value is -6.24. The number of hydrogen-bond donors (Lipinski definition) is 0. The molecule has 0 radical (unpaired) electrons. The van der Waals surface area contributed by atoms with Gasteiger partial charge in [0.1, 0.15) is 11.5 Å². The van der Waals surface area contributed by atoms with Crippen LogP contribution in [0.25, 0.3) is 21.5 Å². The molecule has 0 aliphatic heterocycles. The predicted octanol–water partition coefficient (Wildman–Crippen LogP) is 10.1. The van der Waals surface area contributed by atoms with Gasteiger partial charge in [-0.2, -0.15) is 0 Å². The van der Waals surface area contributed by atoms with Gasteiger partial charge in [0, 0.05) is 34.4 Å². The number of carbonyl (C=O) groups is 2. The van der Waals surface area contributed by atoms with E-state index in [0.717, 1.165) is 107 Å². The molecule has 0 N–H and O–H groups in total. The van der Waals surface area contributed by atoms with Crippen LogP contribution in [0.5, 0.6) is 11.5 Å². The number of benzene rings is 5. The van der Waals surface area contributed by atoms with Gasteiger partial charge in [-0.25, -0.2) is 9.59 Å². The second-order valence-electron chi connectivity index (χ2n) is 12.7. The van der Waals surface area contributed by atoms with E-state index in [4.69, 9.17) is 18.9 Å². The first kappa shape index (κ1) is 39.0. The Balaban J connectivity index is 1.12. The van der Waals surface area contributed by atoms with E-state index in [1.807, 2.05) is 60.7 Å². The van der Waals surface area contributed by atoms with Gasteiger partial charge in [0.2, 0.25) is 0 Å². The van der Waals surface area contributed by atoms with Crippen LogP contribution < -0.4 is 9.47 Å². The maximum Gasteiger partial charge on any atom is 0.330 e. The highest BCUT2D eigenvalue weighted by Crippen LogP contribution is 2.24. The van der Waals surface area contributed by atoms with Gasteiger partial charge in [-0.3, -0.25) is 0 Å². The third-order valence-electron chi connectivity index (χ3n) is 8.71. The molecule has 5 rings (SSSR count). The summed E-state index contributed by atoms with van der Waals surface area (Å²) < 4.78 is 21.9. The van der Waals surface area contributed by atoms with Crippen molar-refractivity contribution in [3.63, 3.8) is 0 Å². The fourth-order valence-electron chi connectivity index (χ4n) is 5.78. The molecule has 0 aliphatic rings. The van der Waals surface area contributed by atoms with E-state index >= 15 is 0 Å². The third-order valence-corrected chi connectivity index (χ3v) is 8.71. The van der Waals surface area contributed by atoms with Crippen molar-refractivity contribution in [3.05, 3.63) is 145 Å². The van der Waals surface area contributed by atoms with Crippen molar-refractivity contribution in [2.75, 3.05) is 26.4 Å². The molecule has 54 heavy (non-hydrogen) atoms. The van der Waals surface area contributed by atoms with Crippen LogP contribution in [0.4, 0.5) is 0 Å². The molecule has 0 heterocycles. The van der Waals surface area contributed by atoms with Crippen molar-refractivity contribution in [3.8, 4) is 35.2 Å². The van der Waals surface area contributed by atoms with Crippen molar-refractivity contribution in [1.29, 1.82) is 0 Å². The zero-order chi connectivity index (χ0) is 37.8. The molecule has 0 saturated carbocycles. The Morgan fingerprint density at radius 2 is 0.944 bits per heavy atom. The van der Waals surface area contributed by atoms with Crippen LogP contribution in [0, 0.1) is 23.7 Å². The topological polar surface area (TPSA) is 71.1 Å². The largest absolute Gasteiger partial charge is 0.494 e. The molecule has 6 heteroatoms. The molecule has 0 aromatic heterocycles. The van der Waals surface area contributed by atoms with Gasteiger partial charge >= 0.3 is 11.9 Å². The molecule has 0 atom stereocenters. The van der Waals surface area contributed by atoms with Crippen LogP contribution in [0.3, 0.4) is 0 Å². The van der Waals surface area contributed by atoms with E-state index in [0.29, 0.717) is 26.4 Å². The highest BCUT2D eigenvalue weighted by atomic mass is 16.5. The van der Waals surface area contributed by atoms with E-state index in [9.17, 15) is 9.59 Å². The lowest BCUT2D eigenvalue weighted by molar-refractivity contribution is -0.138. The number of hydrogen-bond acceptors (Lipinski definition) is 6. The molecule has 6 nitrogen and oxygen atoms in total. The first-order chi connectivity index (χ1) is 26.5. The van der Waals surface area contributed by atoms with Crippen LogP contribution in [-0.4, -0.2) is 38.4 Å². The molecule has 0 saturated heterocycles. The minimum atomic E-state index is -0.372. The zero-order valence-corrected chi connectivity index (χ0v) is 30.7. The summed E-state index contributed by atoms with van der Waals surface area (Å²) in [5, 5.41) is 4.34. The Labute approximate surface area is 318 Å². The monoisotopic (exact) mass is 718 g/mol. The van der Waals surface area contributed by atoms with E-state index in [-0.39, 0.29) is 11.9 Å². The van der Waals surface area contributed by atoms with E-state index in [1.54, 1.807) is 0 Å². The molecule has 0 amide bonds. The number of rotatable bonds is 18. The average molecular weight is 719 g/mol. The molecule has 0 fully saturated rings. The van der Waals surface area contributed by atoms with Crippen molar-refractivity contribution >= 4 is 33.5 Å². The predicted molar refractivity (Wildman–Crippen MR) is 217 cm³/mol. The lowest BCUT2D eigenvalue weighted by Crippen LogP contribution is -2.02. The summed E-state index contributed by atoms with van der Waals surface area (Å²) in [5.74, 6) is 14.4. The van der Waals surface area contributed by atoms with E-state index < -0.39 is 0 Å². The lowest BCUT2D eigenvalue weighted by Gasteiger charge is -2.08. The molecule has 274 valence electrons. The quantitative estimate of drug-likeness (QED) is 0.0389. The smallest absolute Gasteiger partial charge is 0.330 e. The first-order valence-corrected chi connectivity index (χ1v) is 18.6. The zero-order valence-electron chi connectivity index (χ0n) is 30.7. The highest BCUT2D eigenvalue weighted by Gasteiger charge is 2.05. The van der Waals surface area contributed by atoms with Crippen molar-refractivity contribution < 1.29 is 28.5 Å². The van der Waals surface area contributed by atoms with Gasteiger partial charge in [-0.15, -0.1) is 0 Å². The van der Waals surface area contributed by atoms with Crippen LogP contribution in [0.2, 0.25) is 0 Å². The minimum absolute atomic E-state index is 0.370. The molecule has 5 aromatic carbocycles. The molecular formula is C48H46O6. The van der Waals surface area contributed by atoms with Crippen molar-refractivity contribution in [2.24, 2.45) is 0 Å². The molecule has 0 bridgehead atoms. The number of esters is 2. The minimum Gasteiger partial charge on any atom is -0.494 e. The summed E-state index contributed by atoms with van der Waals surface area (Å²) in [7, 11) is 0. The van der Waals surface area contributed by atoms with Crippen LogP contribution in [0.1, 0.15) is 73.6 Å². The summed E-state index contributed by atoms with van der Waals surface area (Å²) in [6.07, 6.45) is 9.93. The van der Waals surface area contributed by atoms with Crippen LogP contribution >= 0.6 is 0 Å². The molecule has 0 aliphatic carbocycles. The van der Waals surface area contributed by atoms with Gasteiger partial charge in [-0.1, -0.05) is 73.2 Å². The maximum absolute atomic E-state index is 11.1. The van der Waals surface area contributed by atoms with Gasteiger partial charge in [0.15, 0.2) is 0 Å². The van der Waals surface area contributed by atoms with Gasteiger partial charge in [-0.05, 0) is 134 Å². The Kier molecular flexibility index (Phi) is 15.4. The Morgan fingerprint density at radius 3 is 1.52 bits per heavy atom. The third kappa shape index (κ3) is 12.5. The lowest BCUT2D eigenvalue weighted by atomic mass is 9.99. The Bertz CT molecular complexity index is 2170. The summed E-state index contributed by atoms with van der Waals surface area (Å²) in [4.78, 5) is 22.2. The summed E-state index contributed by atoms with van der Waals surface area (Å²) >= 11 is 0.